The van der Waals surface area contributed by atoms with Gasteiger partial charge in [0.05, 0.1) is 28.2 Å². The molecule has 0 atom stereocenters. The molecule has 126 valence electrons. The van der Waals surface area contributed by atoms with Crippen molar-refractivity contribution in [1.29, 1.82) is 0 Å². The lowest BCUT2D eigenvalue weighted by molar-refractivity contribution is 0.00967. The molecule has 3 rings (SSSR count). The van der Waals surface area contributed by atoms with Crippen LogP contribution in [-0.2, 0) is 5.41 Å². The molecule has 5 heteroatoms. The molecule has 24 heavy (non-hydrogen) atoms. The summed E-state index contributed by atoms with van der Waals surface area (Å²) in [5, 5.41) is 17.2. The zero-order valence-electron chi connectivity index (χ0n) is 14.2. The van der Waals surface area contributed by atoms with Crippen LogP contribution in [0.5, 0.6) is 0 Å². The molecule has 3 N–H and O–H groups in total. The molecule has 0 fully saturated rings. The van der Waals surface area contributed by atoms with Crippen LogP contribution in [0.15, 0.2) is 36.4 Å². The van der Waals surface area contributed by atoms with Gasteiger partial charge in [0.15, 0.2) is 0 Å². The van der Waals surface area contributed by atoms with Crippen molar-refractivity contribution in [3.05, 3.63) is 52.5 Å². The Bertz CT molecular complexity index is 823. The van der Waals surface area contributed by atoms with E-state index in [1.54, 1.807) is 32.0 Å². The maximum absolute atomic E-state index is 12.5. The summed E-state index contributed by atoms with van der Waals surface area (Å²) in [7, 11) is 0. The van der Waals surface area contributed by atoms with Crippen LogP contribution >= 0.6 is 11.6 Å². The maximum atomic E-state index is 12.5. The van der Waals surface area contributed by atoms with E-state index in [2.05, 4.69) is 10.6 Å². The molecule has 2 aromatic rings. The number of aliphatic hydroxyl groups is 1. The van der Waals surface area contributed by atoms with E-state index in [1.165, 1.54) is 0 Å². The molecule has 0 saturated carbocycles. The average molecular weight is 345 g/mol. The van der Waals surface area contributed by atoms with E-state index in [4.69, 9.17) is 11.6 Å². The summed E-state index contributed by atoms with van der Waals surface area (Å²) in [6.45, 7) is 7.53. The predicted octanol–water partition coefficient (Wildman–Crippen LogP) is 4.70. The van der Waals surface area contributed by atoms with Crippen molar-refractivity contribution < 1.29 is 9.90 Å². The van der Waals surface area contributed by atoms with Crippen molar-refractivity contribution >= 4 is 34.6 Å². The van der Waals surface area contributed by atoms with Gasteiger partial charge < -0.3 is 15.7 Å². The molecule has 1 amide bonds. The van der Waals surface area contributed by atoms with Crippen LogP contribution in [0.4, 0.5) is 17.1 Å². The van der Waals surface area contributed by atoms with Crippen molar-refractivity contribution in [2.24, 2.45) is 0 Å². The molecular weight excluding hydrogens is 324 g/mol. The van der Waals surface area contributed by atoms with E-state index in [9.17, 15) is 9.90 Å². The van der Waals surface area contributed by atoms with Gasteiger partial charge in [0.2, 0.25) is 0 Å². The van der Waals surface area contributed by atoms with E-state index >= 15 is 0 Å². The zero-order valence-corrected chi connectivity index (χ0v) is 15.0. The monoisotopic (exact) mass is 344 g/mol. The lowest BCUT2D eigenvalue weighted by Crippen LogP contribution is -2.42. The Morgan fingerprint density at radius 1 is 0.917 bits per heavy atom. The van der Waals surface area contributed by atoms with Crippen molar-refractivity contribution in [1.82, 2.24) is 0 Å². The van der Waals surface area contributed by atoms with Crippen molar-refractivity contribution in [3.8, 4) is 0 Å². The van der Waals surface area contributed by atoms with Gasteiger partial charge in [0.25, 0.3) is 5.91 Å². The molecule has 0 aliphatic carbocycles. The number of halogens is 1. The number of nitrogens with one attached hydrogen (secondary N) is 2. The molecule has 0 spiro atoms. The molecule has 0 radical (unpaired) electrons. The predicted molar refractivity (Wildman–Crippen MR) is 98.5 cm³/mol. The molecule has 4 nitrogen and oxygen atoms in total. The summed E-state index contributed by atoms with van der Waals surface area (Å²) < 4.78 is 0. The van der Waals surface area contributed by atoms with Gasteiger partial charge >= 0.3 is 0 Å². The summed E-state index contributed by atoms with van der Waals surface area (Å²) in [6.07, 6.45) is 0. The van der Waals surface area contributed by atoms with Gasteiger partial charge in [0, 0.05) is 10.4 Å². The lowest BCUT2D eigenvalue weighted by Gasteiger charge is -2.38. The summed E-state index contributed by atoms with van der Waals surface area (Å²) in [6, 6.07) is 10.9. The minimum Gasteiger partial charge on any atom is -0.390 e. The first kappa shape index (κ1) is 16.8. The van der Waals surface area contributed by atoms with E-state index in [0.29, 0.717) is 22.0 Å². The van der Waals surface area contributed by atoms with E-state index < -0.39 is 11.0 Å². The quantitative estimate of drug-likeness (QED) is 0.740. The summed E-state index contributed by atoms with van der Waals surface area (Å²) in [5.41, 5.74) is 2.25. The van der Waals surface area contributed by atoms with Crippen LogP contribution in [0.3, 0.4) is 0 Å². The van der Waals surface area contributed by atoms with E-state index in [0.717, 1.165) is 11.3 Å². The van der Waals surface area contributed by atoms with Gasteiger partial charge in [-0.3, -0.25) is 4.79 Å². The van der Waals surface area contributed by atoms with Crippen molar-refractivity contribution in [3.63, 3.8) is 0 Å². The molecule has 1 aliphatic heterocycles. The highest BCUT2D eigenvalue weighted by Gasteiger charge is 2.37. The van der Waals surface area contributed by atoms with Gasteiger partial charge in [-0.1, -0.05) is 31.5 Å². The second-order valence-corrected chi connectivity index (χ2v) is 7.65. The minimum absolute atomic E-state index is 0.189. The molecular formula is C19H21ClN2O2. The third-order valence-corrected chi connectivity index (χ3v) is 5.25. The lowest BCUT2D eigenvalue weighted by atomic mass is 9.72. The standard InChI is InChI=1S/C19H21ClN2O2/c1-18(2,19(3,4)24)11-5-8-14-16(9-11)22-17(23)13-7-6-12(20)10-15(13)21-14/h5-10,21,24H,1-4H3,(H,22,23). The molecule has 0 saturated heterocycles. The van der Waals surface area contributed by atoms with Gasteiger partial charge in [-0.15, -0.1) is 0 Å². The third kappa shape index (κ3) is 2.76. The van der Waals surface area contributed by atoms with Gasteiger partial charge in [-0.2, -0.15) is 0 Å². The molecule has 1 aliphatic rings. The first-order chi connectivity index (χ1) is 11.1. The number of hydrogen-bond donors (Lipinski definition) is 3. The SMILES string of the molecule is CC(C)(O)C(C)(C)c1ccc2c(c1)NC(=O)c1ccc(Cl)cc1N2. The molecule has 0 unspecified atom stereocenters. The maximum Gasteiger partial charge on any atom is 0.257 e. The largest absolute Gasteiger partial charge is 0.390 e. The Morgan fingerprint density at radius 3 is 2.29 bits per heavy atom. The number of anilines is 3. The number of carbonyl (C=O) groups excluding carboxylic acids is 1. The van der Waals surface area contributed by atoms with Gasteiger partial charge in [-0.05, 0) is 49.7 Å². The molecule has 0 aromatic heterocycles. The Hall–Kier alpha value is -2.04. The minimum atomic E-state index is -0.903. The van der Waals surface area contributed by atoms with Crippen LogP contribution in [-0.4, -0.2) is 16.6 Å². The van der Waals surface area contributed by atoms with Gasteiger partial charge in [-0.25, -0.2) is 0 Å². The Balaban J connectivity index is 2.07. The number of amides is 1. The molecule has 2 aromatic carbocycles. The van der Waals surface area contributed by atoms with Crippen LogP contribution < -0.4 is 10.6 Å². The van der Waals surface area contributed by atoms with Crippen LogP contribution in [0.2, 0.25) is 5.02 Å². The second kappa shape index (κ2) is 5.50. The molecule has 0 bridgehead atoms. The number of benzene rings is 2. The van der Waals surface area contributed by atoms with Crippen LogP contribution in [0, 0.1) is 0 Å². The normalized spacial score (nSPS) is 14.2. The number of fused-ring (bicyclic) bond motifs is 2. The summed E-state index contributed by atoms with van der Waals surface area (Å²) in [4.78, 5) is 12.5. The second-order valence-electron chi connectivity index (χ2n) is 7.21. The smallest absolute Gasteiger partial charge is 0.257 e. The highest BCUT2D eigenvalue weighted by molar-refractivity contribution is 6.31. The fraction of sp³-hybridized carbons (Fsp3) is 0.316. The Morgan fingerprint density at radius 2 is 1.62 bits per heavy atom. The van der Waals surface area contributed by atoms with Gasteiger partial charge in [0.1, 0.15) is 0 Å². The fourth-order valence-electron chi connectivity index (χ4n) is 2.65. The topological polar surface area (TPSA) is 61.4 Å². The highest BCUT2D eigenvalue weighted by atomic mass is 35.5. The number of rotatable bonds is 2. The van der Waals surface area contributed by atoms with Crippen LogP contribution in [0.1, 0.15) is 43.6 Å². The third-order valence-electron chi connectivity index (χ3n) is 5.01. The average Bonchev–Trinajstić information content (AvgIpc) is 2.60. The Kier molecular flexibility index (Phi) is 3.85. The van der Waals surface area contributed by atoms with Crippen molar-refractivity contribution in [2.75, 3.05) is 10.6 Å². The fourth-order valence-corrected chi connectivity index (χ4v) is 2.82. The van der Waals surface area contributed by atoms with Crippen molar-refractivity contribution in [2.45, 2.75) is 38.7 Å². The van der Waals surface area contributed by atoms with E-state index in [1.807, 2.05) is 32.0 Å². The first-order valence-electron chi connectivity index (χ1n) is 7.84. The summed E-state index contributed by atoms with van der Waals surface area (Å²) >= 11 is 6.04. The summed E-state index contributed by atoms with van der Waals surface area (Å²) in [5.74, 6) is -0.189. The number of hydrogen-bond acceptors (Lipinski definition) is 3. The number of carbonyl (C=O) groups is 1. The van der Waals surface area contributed by atoms with E-state index in [-0.39, 0.29) is 5.91 Å². The zero-order chi connectivity index (χ0) is 17.7. The Labute approximate surface area is 146 Å². The van der Waals surface area contributed by atoms with Crippen LogP contribution in [0.25, 0.3) is 0 Å². The highest BCUT2D eigenvalue weighted by Crippen LogP contribution is 2.40. The first-order valence-corrected chi connectivity index (χ1v) is 8.22. The molecule has 1 heterocycles.